The number of piperidine rings is 1. The number of rotatable bonds is 2. The zero-order chi connectivity index (χ0) is 14.8. The van der Waals surface area contributed by atoms with Crippen LogP contribution >= 0.6 is 0 Å². The first-order chi connectivity index (χ1) is 8.57. The molecule has 0 saturated carbocycles. The summed E-state index contributed by atoms with van der Waals surface area (Å²) in [5.74, 6) is 6.05. The maximum atomic E-state index is 12.0. The fraction of sp³-hybridized carbons (Fsp3) is 0.929. The van der Waals surface area contributed by atoms with Crippen molar-refractivity contribution in [3.05, 3.63) is 0 Å². The van der Waals surface area contributed by atoms with Crippen LogP contribution in [0.3, 0.4) is 0 Å². The van der Waals surface area contributed by atoms with Gasteiger partial charge in [-0.25, -0.2) is 10.7 Å². The van der Waals surface area contributed by atoms with Crippen LogP contribution in [0.5, 0.6) is 0 Å². The minimum Gasteiger partial charge on any atom is -0.444 e. The molecule has 0 spiro atoms. The molecular weight excluding hydrogens is 244 g/mol. The molecule has 5 heteroatoms. The van der Waals surface area contributed by atoms with E-state index in [1.807, 2.05) is 34.6 Å². The molecule has 1 amide bonds. The highest BCUT2D eigenvalue weighted by Crippen LogP contribution is 2.34. The van der Waals surface area contributed by atoms with Gasteiger partial charge in [-0.1, -0.05) is 6.92 Å². The van der Waals surface area contributed by atoms with E-state index in [0.717, 1.165) is 6.42 Å². The van der Waals surface area contributed by atoms with Crippen molar-refractivity contribution < 1.29 is 14.4 Å². The molecule has 0 aliphatic carbocycles. The van der Waals surface area contributed by atoms with Crippen molar-refractivity contribution in [2.75, 3.05) is 13.1 Å². The third kappa shape index (κ3) is 4.35. The van der Waals surface area contributed by atoms with Gasteiger partial charge in [0.15, 0.2) is 0 Å². The van der Waals surface area contributed by atoms with Crippen LogP contribution in [-0.2, 0) is 9.57 Å². The van der Waals surface area contributed by atoms with Crippen LogP contribution in [0.4, 0.5) is 4.79 Å². The Morgan fingerprint density at radius 2 is 1.84 bits per heavy atom. The van der Waals surface area contributed by atoms with E-state index in [0.29, 0.717) is 24.9 Å². The molecule has 19 heavy (non-hydrogen) atoms. The minimum atomic E-state index is -0.448. The lowest BCUT2D eigenvalue weighted by atomic mass is 9.76. The molecule has 2 atom stereocenters. The maximum absolute atomic E-state index is 12.0. The molecule has 2 unspecified atom stereocenters. The molecule has 1 heterocycles. The van der Waals surface area contributed by atoms with Gasteiger partial charge in [-0.2, -0.15) is 0 Å². The first kappa shape index (κ1) is 16.2. The zero-order valence-corrected chi connectivity index (χ0v) is 13.0. The molecule has 1 saturated heterocycles. The summed E-state index contributed by atoms with van der Waals surface area (Å²) in [5, 5.41) is 0. The van der Waals surface area contributed by atoms with Crippen molar-refractivity contribution in [1.82, 2.24) is 4.90 Å². The summed E-state index contributed by atoms with van der Waals surface area (Å²) in [4.78, 5) is 18.9. The van der Waals surface area contributed by atoms with E-state index in [2.05, 4.69) is 6.92 Å². The quantitative estimate of drug-likeness (QED) is 0.785. The van der Waals surface area contributed by atoms with E-state index in [1.54, 1.807) is 4.90 Å². The third-order valence-electron chi connectivity index (χ3n) is 3.75. The number of carbonyl (C=O) groups excluding carboxylic acids is 1. The molecule has 0 radical (unpaired) electrons. The number of ether oxygens (including phenoxy) is 1. The Kier molecular flexibility index (Phi) is 4.85. The average Bonchev–Trinajstić information content (AvgIpc) is 2.26. The highest BCUT2D eigenvalue weighted by Gasteiger charge is 2.39. The van der Waals surface area contributed by atoms with E-state index in [-0.39, 0.29) is 11.7 Å². The summed E-state index contributed by atoms with van der Waals surface area (Å²) >= 11 is 0. The van der Waals surface area contributed by atoms with Crippen LogP contribution < -0.4 is 5.90 Å². The van der Waals surface area contributed by atoms with Gasteiger partial charge in [-0.15, -0.1) is 0 Å². The molecule has 0 aromatic heterocycles. The van der Waals surface area contributed by atoms with Crippen LogP contribution in [0.2, 0.25) is 0 Å². The molecule has 1 aliphatic heterocycles. The topological polar surface area (TPSA) is 64.8 Å². The Morgan fingerprint density at radius 1 is 1.26 bits per heavy atom. The summed E-state index contributed by atoms with van der Waals surface area (Å²) in [6, 6.07) is 0. The monoisotopic (exact) mass is 272 g/mol. The summed E-state index contributed by atoms with van der Waals surface area (Å²) in [6.45, 7) is 13.1. The van der Waals surface area contributed by atoms with E-state index in [4.69, 9.17) is 15.5 Å². The summed E-state index contributed by atoms with van der Waals surface area (Å²) in [5.41, 5.74) is -0.809. The van der Waals surface area contributed by atoms with Gasteiger partial charge in [0.05, 0.1) is 5.60 Å². The van der Waals surface area contributed by atoms with Gasteiger partial charge in [-0.05, 0) is 52.9 Å². The number of hydrogen-bond donors (Lipinski definition) is 1. The van der Waals surface area contributed by atoms with Crippen molar-refractivity contribution in [2.24, 2.45) is 17.7 Å². The lowest BCUT2D eigenvalue weighted by Crippen LogP contribution is -2.51. The largest absolute Gasteiger partial charge is 0.444 e. The van der Waals surface area contributed by atoms with Gasteiger partial charge >= 0.3 is 6.09 Å². The molecule has 112 valence electrons. The molecule has 0 aromatic rings. The second-order valence-corrected chi connectivity index (χ2v) is 7.02. The number of amides is 1. The standard InChI is InChI=1S/C14H28N2O3/c1-10-9-16(12(17)18-13(2,3)4)8-7-11(10)14(5,6)19-15/h10-11H,7-9,15H2,1-6H3. The van der Waals surface area contributed by atoms with E-state index in [1.165, 1.54) is 0 Å². The van der Waals surface area contributed by atoms with Crippen LogP contribution in [0.1, 0.15) is 48.0 Å². The van der Waals surface area contributed by atoms with Crippen LogP contribution in [0.25, 0.3) is 0 Å². The Bertz CT molecular complexity index is 323. The zero-order valence-electron chi connectivity index (χ0n) is 13.0. The normalized spacial score (nSPS) is 25.3. The van der Waals surface area contributed by atoms with Crippen LogP contribution in [0, 0.1) is 11.8 Å². The van der Waals surface area contributed by atoms with Gasteiger partial charge in [0.1, 0.15) is 5.60 Å². The van der Waals surface area contributed by atoms with Crippen molar-refractivity contribution >= 4 is 6.09 Å². The maximum Gasteiger partial charge on any atom is 0.410 e. The predicted molar refractivity (Wildman–Crippen MR) is 74.4 cm³/mol. The summed E-state index contributed by atoms with van der Waals surface area (Å²) in [6.07, 6.45) is 0.647. The van der Waals surface area contributed by atoms with E-state index in [9.17, 15) is 4.79 Å². The fourth-order valence-electron chi connectivity index (χ4n) is 2.76. The lowest BCUT2D eigenvalue weighted by Gasteiger charge is -2.43. The first-order valence-electron chi connectivity index (χ1n) is 6.92. The highest BCUT2D eigenvalue weighted by molar-refractivity contribution is 5.68. The van der Waals surface area contributed by atoms with Gasteiger partial charge in [0.2, 0.25) is 0 Å². The van der Waals surface area contributed by atoms with Gasteiger partial charge in [0, 0.05) is 13.1 Å². The van der Waals surface area contributed by atoms with Crippen LogP contribution in [-0.4, -0.2) is 35.3 Å². The lowest BCUT2D eigenvalue weighted by molar-refractivity contribution is -0.0963. The molecule has 1 aliphatic rings. The number of carbonyl (C=O) groups is 1. The smallest absolute Gasteiger partial charge is 0.410 e. The Hall–Kier alpha value is -0.810. The fourth-order valence-corrected chi connectivity index (χ4v) is 2.76. The predicted octanol–water partition coefficient (Wildman–Crippen LogP) is 2.55. The molecule has 2 N–H and O–H groups in total. The Balaban J connectivity index is 2.61. The van der Waals surface area contributed by atoms with E-state index >= 15 is 0 Å². The number of nitrogens with two attached hydrogens (primary N) is 1. The summed E-state index contributed by atoms with van der Waals surface area (Å²) in [7, 11) is 0. The average molecular weight is 272 g/mol. The highest BCUT2D eigenvalue weighted by atomic mass is 16.6. The number of hydrogen-bond acceptors (Lipinski definition) is 4. The molecular formula is C14H28N2O3. The second kappa shape index (κ2) is 5.67. The van der Waals surface area contributed by atoms with Gasteiger partial charge < -0.3 is 9.64 Å². The molecule has 5 nitrogen and oxygen atoms in total. The van der Waals surface area contributed by atoms with Crippen LogP contribution in [0.15, 0.2) is 0 Å². The molecule has 0 aromatic carbocycles. The van der Waals surface area contributed by atoms with Gasteiger partial charge in [-0.3, -0.25) is 4.84 Å². The second-order valence-electron chi connectivity index (χ2n) is 7.02. The number of likely N-dealkylation sites (tertiary alicyclic amines) is 1. The molecule has 0 bridgehead atoms. The number of nitrogens with zero attached hydrogens (tertiary/aromatic N) is 1. The molecule has 1 fully saturated rings. The SMILES string of the molecule is CC1CN(C(=O)OC(C)(C)C)CCC1C(C)(C)ON. The minimum absolute atomic E-state index is 0.232. The van der Waals surface area contributed by atoms with Gasteiger partial charge in [0.25, 0.3) is 0 Å². The Morgan fingerprint density at radius 3 is 2.26 bits per heavy atom. The first-order valence-corrected chi connectivity index (χ1v) is 6.92. The summed E-state index contributed by atoms with van der Waals surface area (Å²) < 4.78 is 5.40. The molecule has 1 rings (SSSR count). The van der Waals surface area contributed by atoms with Crippen molar-refractivity contribution in [3.8, 4) is 0 Å². The third-order valence-corrected chi connectivity index (χ3v) is 3.75. The Labute approximate surface area is 116 Å². The van der Waals surface area contributed by atoms with Crippen molar-refractivity contribution in [1.29, 1.82) is 0 Å². The van der Waals surface area contributed by atoms with Crippen molar-refractivity contribution in [3.63, 3.8) is 0 Å². The van der Waals surface area contributed by atoms with Crippen molar-refractivity contribution in [2.45, 2.75) is 59.2 Å². The van der Waals surface area contributed by atoms with E-state index < -0.39 is 5.60 Å².